The van der Waals surface area contributed by atoms with Crippen LogP contribution in [0.4, 0.5) is 0 Å². The first-order valence-electron chi connectivity index (χ1n) is 13.3. The van der Waals surface area contributed by atoms with E-state index >= 15 is 0 Å². The minimum Gasteiger partial charge on any atom is -0.379 e. The quantitative estimate of drug-likeness (QED) is 0.442. The van der Waals surface area contributed by atoms with E-state index in [4.69, 9.17) is 10.5 Å². The Morgan fingerprint density at radius 2 is 1.41 bits per heavy atom. The zero-order chi connectivity index (χ0) is 26.0. The number of methoxy groups -OCH3 is 1. The summed E-state index contributed by atoms with van der Waals surface area (Å²) in [7, 11) is 3.82. The second-order valence-corrected chi connectivity index (χ2v) is 10.3. The number of rotatable bonds is 10. The maximum Gasteiger partial charge on any atom is 0.0638 e. The number of nitrogens with one attached hydrogen (secondary N) is 1. The lowest BCUT2D eigenvalue weighted by Crippen LogP contribution is -2.50. The molecule has 0 amide bonds. The van der Waals surface area contributed by atoms with Gasteiger partial charge in [-0.3, -0.25) is 4.90 Å². The van der Waals surface area contributed by atoms with E-state index in [-0.39, 0.29) is 17.2 Å². The Morgan fingerprint density at radius 1 is 0.875 bits per heavy atom. The van der Waals surface area contributed by atoms with Crippen molar-refractivity contribution in [2.24, 2.45) is 11.1 Å². The molecule has 1 unspecified atom stereocenters. The van der Waals surface area contributed by atoms with Crippen LogP contribution in [0.15, 0.2) is 0 Å². The SMILES string of the molecule is CC.CC.CC.CNCC(C)(C)CC(C)(C)N1CCCN(CC(N)CC(C)(C)OC)CC1. The first-order valence-corrected chi connectivity index (χ1v) is 13.3. The van der Waals surface area contributed by atoms with Crippen LogP contribution in [0.3, 0.4) is 0 Å². The molecule has 0 radical (unpaired) electrons. The van der Waals surface area contributed by atoms with E-state index in [1.165, 1.54) is 19.4 Å². The molecule has 0 aromatic rings. The molecule has 1 aliphatic heterocycles. The number of hydrogen-bond donors (Lipinski definition) is 2. The third kappa shape index (κ3) is 16.4. The molecule has 0 aromatic heterocycles. The standard InChI is InChI=1S/C21H46N4O.3C2H6/c1-19(2,17-23-7)16-20(3,4)25-11-9-10-24(12-13-25)15-18(22)14-21(5,6)26-8;3*1-2/h18,23H,9-17,22H2,1-8H3;3*1-2H3. The third-order valence-electron chi connectivity index (χ3n) is 5.81. The van der Waals surface area contributed by atoms with Crippen LogP contribution < -0.4 is 11.1 Å². The molecule has 1 aliphatic rings. The first-order chi connectivity index (χ1) is 14.9. The van der Waals surface area contributed by atoms with Gasteiger partial charge in [-0.2, -0.15) is 0 Å². The van der Waals surface area contributed by atoms with Gasteiger partial charge >= 0.3 is 0 Å². The Hall–Kier alpha value is -0.200. The topological polar surface area (TPSA) is 53.8 Å². The Balaban J connectivity index is -0.00000129. The maximum atomic E-state index is 6.41. The van der Waals surface area contributed by atoms with Crippen LogP contribution in [0.1, 0.15) is 102 Å². The van der Waals surface area contributed by atoms with Crippen molar-refractivity contribution in [3.05, 3.63) is 0 Å². The maximum absolute atomic E-state index is 6.41. The average molecular weight is 461 g/mol. The fraction of sp³-hybridized carbons (Fsp3) is 1.00. The molecule has 0 aromatic carbocycles. The molecule has 1 fully saturated rings. The smallest absolute Gasteiger partial charge is 0.0638 e. The number of nitrogens with zero attached hydrogens (tertiary/aromatic N) is 2. The Bertz CT molecular complexity index is 410. The van der Waals surface area contributed by atoms with Crippen molar-refractivity contribution in [2.75, 3.05) is 53.4 Å². The van der Waals surface area contributed by atoms with Gasteiger partial charge in [-0.25, -0.2) is 0 Å². The lowest BCUT2D eigenvalue weighted by atomic mass is 9.79. The van der Waals surface area contributed by atoms with Crippen molar-refractivity contribution >= 4 is 0 Å². The van der Waals surface area contributed by atoms with Gasteiger partial charge in [-0.15, -0.1) is 0 Å². The normalized spacial score (nSPS) is 17.0. The summed E-state index contributed by atoms with van der Waals surface area (Å²) in [4.78, 5) is 5.24. The highest BCUT2D eigenvalue weighted by Gasteiger charge is 2.34. The molecule has 1 atom stereocenters. The van der Waals surface area contributed by atoms with E-state index in [2.05, 4.69) is 56.7 Å². The van der Waals surface area contributed by atoms with Crippen LogP contribution in [0.5, 0.6) is 0 Å². The molecule has 0 saturated carbocycles. The van der Waals surface area contributed by atoms with Gasteiger partial charge in [0, 0.05) is 44.9 Å². The summed E-state index contributed by atoms with van der Waals surface area (Å²) in [5.74, 6) is 0. The van der Waals surface area contributed by atoms with Gasteiger partial charge in [0.1, 0.15) is 0 Å². The summed E-state index contributed by atoms with van der Waals surface area (Å²) < 4.78 is 5.54. The fourth-order valence-electron chi connectivity index (χ4n) is 4.69. The molecular formula is C27H64N4O. The van der Waals surface area contributed by atoms with Crippen LogP contribution in [-0.2, 0) is 4.74 Å². The van der Waals surface area contributed by atoms with Gasteiger partial charge in [0.05, 0.1) is 5.60 Å². The first kappa shape index (κ1) is 36.4. The lowest BCUT2D eigenvalue weighted by molar-refractivity contribution is 0.00736. The van der Waals surface area contributed by atoms with E-state index in [0.717, 1.165) is 39.1 Å². The molecule has 0 aliphatic carbocycles. The summed E-state index contributed by atoms with van der Waals surface area (Å²) in [6, 6.07) is 0.166. The van der Waals surface area contributed by atoms with Crippen LogP contribution in [0.2, 0.25) is 0 Å². The van der Waals surface area contributed by atoms with Gasteiger partial charge < -0.3 is 20.7 Å². The van der Waals surface area contributed by atoms with Crippen molar-refractivity contribution in [3.63, 3.8) is 0 Å². The van der Waals surface area contributed by atoms with Crippen molar-refractivity contribution in [1.82, 2.24) is 15.1 Å². The molecule has 1 saturated heterocycles. The second kappa shape index (κ2) is 19.1. The zero-order valence-corrected chi connectivity index (χ0v) is 24.8. The molecule has 198 valence electrons. The Kier molecular flexibility index (Phi) is 21.8. The van der Waals surface area contributed by atoms with Crippen LogP contribution >= 0.6 is 0 Å². The van der Waals surface area contributed by atoms with Crippen LogP contribution in [0, 0.1) is 5.41 Å². The molecular weight excluding hydrogens is 396 g/mol. The molecule has 3 N–H and O–H groups in total. The van der Waals surface area contributed by atoms with Gasteiger partial charge in [-0.1, -0.05) is 55.4 Å². The second-order valence-electron chi connectivity index (χ2n) is 10.3. The summed E-state index contributed by atoms with van der Waals surface area (Å²) in [6.07, 6.45) is 3.31. The van der Waals surface area contributed by atoms with Crippen molar-refractivity contribution in [2.45, 2.75) is 120 Å². The molecule has 5 nitrogen and oxygen atoms in total. The monoisotopic (exact) mass is 461 g/mol. The van der Waals surface area contributed by atoms with Gasteiger partial charge in [-0.05, 0) is 72.5 Å². The average Bonchev–Trinajstić information content (AvgIpc) is 2.97. The number of nitrogens with two attached hydrogens (primary N) is 1. The Morgan fingerprint density at radius 3 is 1.88 bits per heavy atom. The van der Waals surface area contributed by atoms with E-state index in [1.54, 1.807) is 7.11 Å². The van der Waals surface area contributed by atoms with E-state index in [9.17, 15) is 0 Å². The predicted octanol–water partition coefficient (Wildman–Crippen LogP) is 5.63. The Labute approximate surface area is 204 Å². The van der Waals surface area contributed by atoms with Crippen molar-refractivity contribution in [1.29, 1.82) is 0 Å². The highest BCUT2D eigenvalue weighted by molar-refractivity contribution is 4.90. The zero-order valence-electron chi connectivity index (χ0n) is 24.8. The molecule has 32 heavy (non-hydrogen) atoms. The van der Waals surface area contributed by atoms with Crippen molar-refractivity contribution in [3.8, 4) is 0 Å². The summed E-state index contributed by atoms with van der Waals surface area (Å²) >= 11 is 0. The minimum absolute atomic E-state index is 0.141. The summed E-state index contributed by atoms with van der Waals surface area (Å²) in [6.45, 7) is 32.4. The molecule has 1 rings (SSSR count). The molecule has 1 heterocycles. The summed E-state index contributed by atoms with van der Waals surface area (Å²) in [5.41, 5.74) is 6.79. The molecule has 0 bridgehead atoms. The van der Waals surface area contributed by atoms with E-state index < -0.39 is 0 Å². The van der Waals surface area contributed by atoms with Crippen LogP contribution in [-0.4, -0.2) is 80.4 Å². The number of ether oxygens (including phenoxy) is 1. The fourth-order valence-corrected chi connectivity index (χ4v) is 4.69. The lowest BCUT2D eigenvalue weighted by Gasteiger charge is -2.43. The van der Waals surface area contributed by atoms with E-state index in [1.807, 2.05) is 48.6 Å². The van der Waals surface area contributed by atoms with Crippen LogP contribution in [0.25, 0.3) is 0 Å². The number of hydrogen-bond acceptors (Lipinski definition) is 5. The van der Waals surface area contributed by atoms with E-state index in [0.29, 0.717) is 5.41 Å². The predicted molar refractivity (Wildman–Crippen MR) is 147 cm³/mol. The van der Waals surface area contributed by atoms with Gasteiger partial charge in [0.2, 0.25) is 0 Å². The van der Waals surface area contributed by atoms with Crippen molar-refractivity contribution < 1.29 is 4.74 Å². The third-order valence-corrected chi connectivity index (χ3v) is 5.81. The van der Waals surface area contributed by atoms with Gasteiger partial charge in [0.15, 0.2) is 0 Å². The molecule has 0 spiro atoms. The summed E-state index contributed by atoms with van der Waals surface area (Å²) in [5, 5.41) is 3.35. The molecule has 5 heteroatoms. The highest BCUT2D eigenvalue weighted by atomic mass is 16.5. The highest BCUT2D eigenvalue weighted by Crippen LogP contribution is 2.32. The largest absolute Gasteiger partial charge is 0.379 e. The van der Waals surface area contributed by atoms with Gasteiger partial charge in [0.25, 0.3) is 0 Å². The minimum atomic E-state index is -0.141.